The van der Waals surface area contributed by atoms with Gasteiger partial charge >= 0.3 is 5.97 Å². The predicted molar refractivity (Wildman–Crippen MR) is 121 cm³/mol. The number of ether oxygens (including phenoxy) is 1. The second-order valence-corrected chi connectivity index (χ2v) is 8.58. The minimum absolute atomic E-state index is 0.0471. The average molecular weight is 495 g/mol. The summed E-state index contributed by atoms with van der Waals surface area (Å²) in [6.45, 7) is 1.93. The molecule has 2 aromatic carbocycles. The molecule has 0 spiro atoms. The molecule has 34 heavy (non-hydrogen) atoms. The standard InChI is InChI=1S/C24H25ClF2N2O5/c1-13-10-15(4-7-18(13)25)22(30)28-8-9-29-23(31)16-11-19(26)21(20(27)12-16)34-17-5-2-14(3-6-17)24(32)33/h4,7,10-12,14,17H,2-3,5-6,8-9H2,1H3,(H,28,30)(H,29,31)(H,32,33). The predicted octanol–water partition coefficient (Wildman–Crippen LogP) is 4.11. The SMILES string of the molecule is Cc1cc(C(=O)NCCNC(=O)c2cc(F)c(OC3CCC(C(=O)O)CC3)c(F)c2)ccc1Cl. The summed E-state index contributed by atoms with van der Waals surface area (Å²) in [5.74, 6) is -5.02. The third-order valence-corrected chi connectivity index (χ3v) is 6.11. The molecule has 0 saturated heterocycles. The Bertz CT molecular complexity index is 1060. The molecule has 2 aromatic rings. The molecule has 182 valence electrons. The van der Waals surface area contributed by atoms with Gasteiger partial charge in [0, 0.05) is 29.2 Å². The number of hydrogen-bond donors (Lipinski definition) is 3. The maximum atomic E-state index is 14.5. The minimum atomic E-state index is -1.02. The summed E-state index contributed by atoms with van der Waals surface area (Å²) in [5, 5.41) is 14.7. The number of aryl methyl sites for hydroxylation is 1. The van der Waals surface area contributed by atoms with Gasteiger partial charge in [0.1, 0.15) is 0 Å². The molecule has 0 aliphatic heterocycles. The first-order valence-corrected chi connectivity index (χ1v) is 11.2. The van der Waals surface area contributed by atoms with Crippen LogP contribution >= 0.6 is 11.6 Å². The highest BCUT2D eigenvalue weighted by Crippen LogP contribution is 2.31. The molecule has 1 aliphatic carbocycles. The van der Waals surface area contributed by atoms with Crippen LogP contribution in [0.1, 0.15) is 52.0 Å². The number of carbonyl (C=O) groups is 3. The molecule has 0 radical (unpaired) electrons. The van der Waals surface area contributed by atoms with Crippen LogP contribution in [0, 0.1) is 24.5 Å². The van der Waals surface area contributed by atoms with Gasteiger partial charge < -0.3 is 20.5 Å². The highest BCUT2D eigenvalue weighted by atomic mass is 35.5. The van der Waals surface area contributed by atoms with Gasteiger partial charge in [-0.3, -0.25) is 14.4 Å². The van der Waals surface area contributed by atoms with Crippen molar-refractivity contribution in [2.45, 2.75) is 38.7 Å². The van der Waals surface area contributed by atoms with Crippen LogP contribution < -0.4 is 15.4 Å². The molecule has 10 heteroatoms. The first-order valence-electron chi connectivity index (χ1n) is 10.9. The molecule has 3 rings (SSSR count). The molecule has 0 bridgehead atoms. The Morgan fingerprint density at radius 2 is 1.53 bits per heavy atom. The van der Waals surface area contributed by atoms with E-state index in [1.54, 1.807) is 25.1 Å². The number of nitrogens with one attached hydrogen (secondary N) is 2. The van der Waals surface area contributed by atoms with E-state index in [0.29, 0.717) is 36.3 Å². The quantitative estimate of drug-likeness (QED) is 0.479. The Hall–Kier alpha value is -3.20. The van der Waals surface area contributed by atoms with E-state index < -0.39 is 41.3 Å². The van der Waals surface area contributed by atoms with Crippen LogP contribution in [0.2, 0.25) is 5.02 Å². The first kappa shape index (κ1) is 25.4. The fraction of sp³-hybridized carbons (Fsp3) is 0.375. The van der Waals surface area contributed by atoms with Crippen LogP contribution in [0.15, 0.2) is 30.3 Å². The Labute approximate surface area is 200 Å². The third-order valence-electron chi connectivity index (χ3n) is 5.68. The Balaban J connectivity index is 1.50. The Kier molecular flexibility index (Phi) is 8.44. The molecule has 0 unspecified atom stereocenters. The number of carbonyl (C=O) groups excluding carboxylic acids is 2. The van der Waals surface area contributed by atoms with Crippen molar-refractivity contribution in [1.29, 1.82) is 0 Å². The lowest BCUT2D eigenvalue weighted by molar-refractivity contribution is -0.143. The van der Waals surface area contributed by atoms with E-state index in [1.165, 1.54) is 0 Å². The van der Waals surface area contributed by atoms with Gasteiger partial charge in [0.25, 0.3) is 11.8 Å². The number of carboxylic acid groups (broad SMARTS) is 1. The summed E-state index contributed by atoms with van der Waals surface area (Å²) in [6.07, 6.45) is 1.00. The summed E-state index contributed by atoms with van der Waals surface area (Å²) in [7, 11) is 0. The average Bonchev–Trinajstić information content (AvgIpc) is 2.80. The zero-order chi connectivity index (χ0) is 24.8. The molecule has 1 saturated carbocycles. The first-order chi connectivity index (χ1) is 16.2. The van der Waals surface area contributed by atoms with Crippen molar-refractivity contribution in [2.75, 3.05) is 13.1 Å². The number of hydrogen-bond acceptors (Lipinski definition) is 4. The van der Waals surface area contributed by atoms with Gasteiger partial charge in [0.2, 0.25) is 0 Å². The van der Waals surface area contributed by atoms with Crippen LogP contribution in [0.4, 0.5) is 8.78 Å². The van der Waals surface area contributed by atoms with E-state index >= 15 is 0 Å². The van der Waals surface area contributed by atoms with Crippen molar-refractivity contribution in [2.24, 2.45) is 5.92 Å². The molecule has 3 N–H and O–H groups in total. The number of carboxylic acids is 1. The smallest absolute Gasteiger partial charge is 0.306 e. The lowest BCUT2D eigenvalue weighted by Gasteiger charge is -2.27. The van der Waals surface area contributed by atoms with Crippen LogP contribution in [-0.2, 0) is 4.79 Å². The van der Waals surface area contributed by atoms with Crippen LogP contribution in [0.25, 0.3) is 0 Å². The summed E-state index contributed by atoms with van der Waals surface area (Å²) in [5.41, 5.74) is 0.952. The highest BCUT2D eigenvalue weighted by molar-refractivity contribution is 6.31. The van der Waals surface area contributed by atoms with Crippen LogP contribution in [0.3, 0.4) is 0 Å². The minimum Gasteiger partial charge on any atom is -0.484 e. The van der Waals surface area contributed by atoms with Crippen molar-refractivity contribution >= 4 is 29.4 Å². The van der Waals surface area contributed by atoms with E-state index in [2.05, 4.69) is 10.6 Å². The van der Waals surface area contributed by atoms with E-state index in [1.807, 2.05) is 0 Å². The van der Waals surface area contributed by atoms with Crippen molar-refractivity contribution in [3.8, 4) is 5.75 Å². The molecule has 2 amide bonds. The van der Waals surface area contributed by atoms with Crippen molar-refractivity contribution in [1.82, 2.24) is 10.6 Å². The lowest BCUT2D eigenvalue weighted by atomic mass is 9.87. The zero-order valence-corrected chi connectivity index (χ0v) is 19.3. The van der Waals surface area contributed by atoms with Gasteiger partial charge in [0.05, 0.1) is 12.0 Å². The fourth-order valence-corrected chi connectivity index (χ4v) is 3.86. The van der Waals surface area contributed by atoms with Crippen molar-refractivity contribution in [3.63, 3.8) is 0 Å². The van der Waals surface area contributed by atoms with Gasteiger partial charge in [-0.05, 0) is 68.5 Å². The molecular formula is C24H25ClF2N2O5. The number of aliphatic carboxylic acids is 1. The van der Waals surface area contributed by atoms with E-state index in [4.69, 9.17) is 21.4 Å². The normalized spacial score (nSPS) is 17.6. The second-order valence-electron chi connectivity index (χ2n) is 8.17. The van der Waals surface area contributed by atoms with E-state index in [0.717, 1.165) is 17.7 Å². The molecule has 0 atom stereocenters. The maximum Gasteiger partial charge on any atom is 0.306 e. The van der Waals surface area contributed by atoms with Crippen molar-refractivity contribution in [3.05, 3.63) is 63.7 Å². The monoisotopic (exact) mass is 494 g/mol. The molecule has 7 nitrogen and oxygen atoms in total. The topological polar surface area (TPSA) is 105 Å². The van der Waals surface area contributed by atoms with E-state index in [9.17, 15) is 23.2 Å². The molecule has 1 aliphatic rings. The summed E-state index contributed by atoms with van der Waals surface area (Å²) < 4.78 is 34.4. The summed E-state index contributed by atoms with van der Waals surface area (Å²) in [6, 6.07) is 6.60. The molecular weight excluding hydrogens is 470 g/mol. The zero-order valence-electron chi connectivity index (χ0n) is 18.5. The molecule has 1 fully saturated rings. The number of halogens is 3. The fourth-order valence-electron chi connectivity index (χ4n) is 3.74. The van der Waals surface area contributed by atoms with Gasteiger partial charge in [0.15, 0.2) is 17.4 Å². The Morgan fingerprint density at radius 1 is 0.971 bits per heavy atom. The van der Waals surface area contributed by atoms with Gasteiger partial charge in [-0.2, -0.15) is 0 Å². The maximum absolute atomic E-state index is 14.5. The second kappa shape index (κ2) is 11.3. The number of benzene rings is 2. The summed E-state index contributed by atoms with van der Waals surface area (Å²) >= 11 is 5.94. The molecule has 0 aromatic heterocycles. The number of rotatable bonds is 8. The van der Waals surface area contributed by atoms with Crippen LogP contribution in [-0.4, -0.2) is 42.1 Å². The largest absolute Gasteiger partial charge is 0.484 e. The van der Waals surface area contributed by atoms with Crippen LogP contribution in [0.5, 0.6) is 5.75 Å². The summed E-state index contributed by atoms with van der Waals surface area (Å²) in [4.78, 5) is 35.5. The van der Waals surface area contributed by atoms with Crippen molar-refractivity contribution < 1.29 is 33.0 Å². The highest BCUT2D eigenvalue weighted by Gasteiger charge is 2.28. The third kappa shape index (κ3) is 6.44. The van der Waals surface area contributed by atoms with Gasteiger partial charge in [-0.15, -0.1) is 0 Å². The van der Waals surface area contributed by atoms with E-state index in [-0.39, 0.29) is 24.6 Å². The Morgan fingerprint density at radius 3 is 2.06 bits per heavy atom. The number of amides is 2. The van der Waals surface area contributed by atoms with Gasteiger partial charge in [-0.25, -0.2) is 8.78 Å². The van der Waals surface area contributed by atoms with Gasteiger partial charge in [-0.1, -0.05) is 11.6 Å². The lowest BCUT2D eigenvalue weighted by Crippen LogP contribution is -2.34. The molecule has 0 heterocycles.